The summed E-state index contributed by atoms with van der Waals surface area (Å²) in [6.07, 6.45) is 0. The van der Waals surface area contributed by atoms with E-state index >= 15 is 0 Å². The Balaban J connectivity index is 3.25. The van der Waals surface area contributed by atoms with E-state index < -0.39 is 10.0 Å². The summed E-state index contributed by atoms with van der Waals surface area (Å²) in [6.45, 7) is 10.3. The first-order valence-corrected chi connectivity index (χ1v) is 7.72. The summed E-state index contributed by atoms with van der Waals surface area (Å²) in [4.78, 5) is 0.197. The Kier molecular flexibility index (Phi) is 4.32. The molecule has 1 aromatic rings. The fourth-order valence-corrected chi connectivity index (χ4v) is 3.53. The van der Waals surface area contributed by atoms with E-state index in [0.717, 1.165) is 11.1 Å². The monoisotopic (exact) mass is 284 g/mol. The van der Waals surface area contributed by atoms with Crippen molar-refractivity contribution in [2.24, 2.45) is 5.41 Å². The van der Waals surface area contributed by atoms with Gasteiger partial charge in [0.25, 0.3) is 0 Å². The number of hydrogen-bond acceptors (Lipinski definition) is 3. The Hall–Kier alpha value is -1.07. The van der Waals surface area contributed by atoms with Crippen LogP contribution in [0.5, 0.6) is 0 Å². The minimum absolute atomic E-state index is 0.101. The number of nitrogen functional groups attached to an aromatic ring is 1. The summed E-state index contributed by atoms with van der Waals surface area (Å²) in [5.41, 5.74) is 8.00. The molecule has 0 radical (unpaired) electrons. The van der Waals surface area contributed by atoms with Gasteiger partial charge in [0.2, 0.25) is 10.0 Å². The lowest BCUT2D eigenvalue weighted by Crippen LogP contribution is -2.34. The van der Waals surface area contributed by atoms with Crippen molar-refractivity contribution in [2.45, 2.75) is 39.5 Å². The van der Waals surface area contributed by atoms with Crippen molar-refractivity contribution in [3.63, 3.8) is 0 Å². The van der Waals surface area contributed by atoms with Gasteiger partial charge in [0.05, 0.1) is 5.69 Å². The fourth-order valence-electron chi connectivity index (χ4n) is 1.96. The molecule has 0 heterocycles. The SMILES string of the molecule is Cc1cc(N)c(S(=O)(=O)N(C)CC(C)(C)C)cc1C. The first-order valence-electron chi connectivity index (χ1n) is 6.28. The molecule has 0 bridgehead atoms. The van der Waals surface area contributed by atoms with E-state index in [1.54, 1.807) is 19.2 Å². The molecule has 2 N–H and O–H groups in total. The first-order chi connectivity index (χ1) is 8.45. The third kappa shape index (κ3) is 3.70. The second kappa shape index (κ2) is 5.13. The number of hydrogen-bond donors (Lipinski definition) is 1. The largest absolute Gasteiger partial charge is 0.398 e. The zero-order valence-electron chi connectivity index (χ0n) is 12.6. The third-order valence-electron chi connectivity index (χ3n) is 3.01. The van der Waals surface area contributed by atoms with Crippen LogP contribution in [0.1, 0.15) is 31.9 Å². The van der Waals surface area contributed by atoms with Crippen molar-refractivity contribution in [3.05, 3.63) is 23.3 Å². The lowest BCUT2D eigenvalue weighted by atomic mass is 9.97. The highest BCUT2D eigenvalue weighted by Crippen LogP contribution is 2.27. The minimum atomic E-state index is -3.53. The molecule has 5 heteroatoms. The number of nitrogens with two attached hydrogens (primary N) is 1. The molecule has 0 aromatic heterocycles. The number of aryl methyl sites for hydroxylation is 2. The van der Waals surface area contributed by atoms with Crippen LogP contribution < -0.4 is 5.73 Å². The topological polar surface area (TPSA) is 63.4 Å². The minimum Gasteiger partial charge on any atom is -0.398 e. The number of rotatable bonds is 3. The Labute approximate surface area is 116 Å². The van der Waals surface area contributed by atoms with Crippen molar-refractivity contribution < 1.29 is 8.42 Å². The van der Waals surface area contributed by atoms with Crippen molar-refractivity contribution in [3.8, 4) is 0 Å². The standard InChI is InChI=1S/C14H24N2O2S/c1-10-7-12(15)13(8-11(10)2)19(17,18)16(6)9-14(3,4)5/h7-8H,9,15H2,1-6H3. The van der Waals surface area contributed by atoms with Gasteiger partial charge in [-0.1, -0.05) is 20.8 Å². The second-order valence-electron chi connectivity index (χ2n) is 6.30. The van der Waals surface area contributed by atoms with Crippen LogP contribution in [0.4, 0.5) is 5.69 Å². The molecule has 0 spiro atoms. The predicted octanol–water partition coefficient (Wildman–Crippen LogP) is 2.55. The molecule has 0 unspecified atom stereocenters. The van der Waals surface area contributed by atoms with Crippen LogP contribution in [0.3, 0.4) is 0 Å². The van der Waals surface area contributed by atoms with Crippen molar-refractivity contribution in [1.29, 1.82) is 0 Å². The molecule has 0 saturated heterocycles. The van der Waals surface area contributed by atoms with Gasteiger partial charge in [-0.15, -0.1) is 0 Å². The van der Waals surface area contributed by atoms with E-state index in [0.29, 0.717) is 12.2 Å². The van der Waals surface area contributed by atoms with Crippen LogP contribution in [0.25, 0.3) is 0 Å². The van der Waals surface area contributed by atoms with E-state index in [9.17, 15) is 8.42 Å². The van der Waals surface area contributed by atoms with E-state index in [1.165, 1.54) is 4.31 Å². The van der Waals surface area contributed by atoms with Gasteiger partial charge in [-0.05, 0) is 42.5 Å². The zero-order valence-corrected chi connectivity index (χ0v) is 13.4. The van der Waals surface area contributed by atoms with Crippen molar-refractivity contribution >= 4 is 15.7 Å². The first kappa shape index (κ1) is 16.0. The fraction of sp³-hybridized carbons (Fsp3) is 0.571. The van der Waals surface area contributed by atoms with E-state index in [1.807, 2.05) is 34.6 Å². The van der Waals surface area contributed by atoms with Crippen molar-refractivity contribution in [1.82, 2.24) is 4.31 Å². The maximum absolute atomic E-state index is 12.5. The summed E-state index contributed by atoms with van der Waals surface area (Å²) in [7, 11) is -1.94. The molecular formula is C14H24N2O2S. The maximum atomic E-state index is 12.5. The van der Waals surface area contributed by atoms with Crippen LogP contribution in [-0.4, -0.2) is 26.3 Å². The molecule has 4 nitrogen and oxygen atoms in total. The van der Waals surface area contributed by atoms with Crippen molar-refractivity contribution in [2.75, 3.05) is 19.3 Å². The summed E-state index contributed by atoms with van der Waals surface area (Å²) in [6, 6.07) is 3.37. The van der Waals surface area contributed by atoms with E-state index in [4.69, 9.17) is 5.73 Å². The Morgan fingerprint density at radius 1 is 1.16 bits per heavy atom. The van der Waals surface area contributed by atoms with Crippen LogP contribution in [0, 0.1) is 19.3 Å². The summed E-state index contributed by atoms with van der Waals surface area (Å²) in [5, 5.41) is 0. The molecule has 0 aliphatic rings. The highest BCUT2D eigenvalue weighted by atomic mass is 32.2. The normalized spacial score (nSPS) is 13.0. The quantitative estimate of drug-likeness (QED) is 0.868. The highest BCUT2D eigenvalue weighted by molar-refractivity contribution is 7.89. The van der Waals surface area contributed by atoms with Gasteiger partial charge in [0.15, 0.2) is 0 Å². The molecule has 0 fully saturated rings. The Morgan fingerprint density at radius 3 is 2.11 bits per heavy atom. The summed E-state index contributed by atoms with van der Waals surface area (Å²) < 4.78 is 26.4. The molecule has 19 heavy (non-hydrogen) atoms. The van der Waals surface area contributed by atoms with Gasteiger partial charge in [0, 0.05) is 13.6 Å². The number of benzene rings is 1. The average molecular weight is 284 g/mol. The lowest BCUT2D eigenvalue weighted by molar-refractivity contribution is 0.311. The smallest absolute Gasteiger partial charge is 0.244 e. The van der Waals surface area contributed by atoms with Crippen LogP contribution in [0.2, 0.25) is 0 Å². The number of nitrogens with zero attached hydrogens (tertiary/aromatic N) is 1. The van der Waals surface area contributed by atoms with Gasteiger partial charge in [-0.3, -0.25) is 0 Å². The van der Waals surface area contributed by atoms with Gasteiger partial charge in [-0.2, -0.15) is 0 Å². The molecule has 0 amide bonds. The average Bonchev–Trinajstić information content (AvgIpc) is 2.20. The maximum Gasteiger partial charge on any atom is 0.244 e. The third-order valence-corrected chi connectivity index (χ3v) is 4.87. The molecular weight excluding hydrogens is 260 g/mol. The van der Waals surface area contributed by atoms with Crippen LogP contribution >= 0.6 is 0 Å². The molecule has 1 rings (SSSR count). The molecule has 0 aliphatic heterocycles. The zero-order chi connectivity index (χ0) is 15.0. The van der Waals surface area contributed by atoms with E-state index in [-0.39, 0.29) is 10.3 Å². The second-order valence-corrected chi connectivity index (χ2v) is 8.31. The lowest BCUT2D eigenvalue weighted by Gasteiger charge is -2.26. The van der Waals surface area contributed by atoms with Crippen LogP contribution in [-0.2, 0) is 10.0 Å². The summed E-state index contributed by atoms with van der Waals surface area (Å²) in [5.74, 6) is 0. The molecule has 108 valence electrons. The van der Waals surface area contributed by atoms with Gasteiger partial charge in [0.1, 0.15) is 4.90 Å². The number of sulfonamides is 1. The van der Waals surface area contributed by atoms with E-state index in [2.05, 4.69) is 0 Å². The van der Waals surface area contributed by atoms with Gasteiger partial charge < -0.3 is 5.73 Å². The molecule has 0 aliphatic carbocycles. The Morgan fingerprint density at radius 2 is 1.63 bits per heavy atom. The molecule has 0 saturated carbocycles. The molecule has 1 aromatic carbocycles. The summed E-state index contributed by atoms with van der Waals surface area (Å²) >= 11 is 0. The predicted molar refractivity (Wildman–Crippen MR) is 79.6 cm³/mol. The van der Waals surface area contributed by atoms with Crippen LogP contribution in [0.15, 0.2) is 17.0 Å². The van der Waals surface area contributed by atoms with Gasteiger partial charge in [-0.25, -0.2) is 12.7 Å². The molecule has 0 atom stereocenters. The number of anilines is 1. The Bertz CT molecular complexity index is 572. The highest BCUT2D eigenvalue weighted by Gasteiger charge is 2.27. The van der Waals surface area contributed by atoms with Gasteiger partial charge >= 0.3 is 0 Å².